The maximum atomic E-state index is 3.69. The fourth-order valence-electron chi connectivity index (χ4n) is 2.01. The number of hydrogen-bond acceptors (Lipinski definition) is 1. The zero-order chi connectivity index (χ0) is 9.84. The molecule has 0 aliphatic carbocycles. The van der Waals surface area contributed by atoms with Crippen molar-refractivity contribution in [2.24, 2.45) is 11.8 Å². The van der Waals surface area contributed by atoms with E-state index in [4.69, 9.17) is 0 Å². The van der Waals surface area contributed by atoms with Crippen LogP contribution < -0.4 is 0 Å². The second-order valence-corrected chi connectivity index (χ2v) is 4.33. The Morgan fingerprint density at radius 3 is 2.31 bits per heavy atom. The number of piperidine rings is 1. The molecule has 0 aromatic heterocycles. The zero-order valence-electron chi connectivity index (χ0n) is 9.14. The van der Waals surface area contributed by atoms with Crippen molar-refractivity contribution < 1.29 is 0 Å². The van der Waals surface area contributed by atoms with Crippen LogP contribution in [-0.4, -0.2) is 18.0 Å². The molecule has 0 spiro atoms. The maximum Gasteiger partial charge on any atom is 0.0526 e. The number of rotatable bonds is 2. The summed E-state index contributed by atoms with van der Waals surface area (Å²) < 4.78 is 0. The van der Waals surface area contributed by atoms with Gasteiger partial charge in [-0.1, -0.05) is 20.4 Å². The van der Waals surface area contributed by atoms with Gasteiger partial charge in [0.2, 0.25) is 0 Å². The summed E-state index contributed by atoms with van der Waals surface area (Å²) in [5, 5.41) is 0. The summed E-state index contributed by atoms with van der Waals surface area (Å²) in [6.07, 6.45) is 2.66. The molecule has 1 fully saturated rings. The van der Waals surface area contributed by atoms with Gasteiger partial charge in [0.05, 0.1) is 5.70 Å². The lowest BCUT2D eigenvalue weighted by Crippen LogP contribution is -2.33. The van der Waals surface area contributed by atoms with Gasteiger partial charge in [0.25, 0.3) is 0 Å². The molecule has 1 rings (SSSR count). The molecule has 0 N–H and O–H groups in total. The van der Waals surface area contributed by atoms with E-state index >= 15 is 0 Å². The Morgan fingerprint density at radius 1 is 1.38 bits per heavy atom. The summed E-state index contributed by atoms with van der Waals surface area (Å²) in [7, 11) is 0. The minimum absolute atomic E-state index is 0.843. The van der Waals surface area contributed by atoms with Crippen molar-refractivity contribution in [2.45, 2.75) is 33.6 Å². The summed E-state index contributed by atoms with van der Waals surface area (Å²) in [5.41, 5.74) is 4.18. The molecule has 0 saturated carbocycles. The Bertz CT molecular complexity index is 203. The van der Waals surface area contributed by atoms with Crippen molar-refractivity contribution in [3.63, 3.8) is 0 Å². The van der Waals surface area contributed by atoms with Crippen LogP contribution in [0.5, 0.6) is 0 Å². The van der Waals surface area contributed by atoms with E-state index in [2.05, 4.69) is 38.0 Å². The summed E-state index contributed by atoms with van der Waals surface area (Å²) in [6.45, 7) is 12.8. The van der Waals surface area contributed by atoms with Crippen LogP contribution >= 0.6 is 0 Å². The fourth-order valence-corrected chi connectivity index (χ4v) is 2.01. The molecule has 1 aliphatic heterocycles. The van der Waals surface area contributed by atoms with Crippen LogP contribution in [0.25, 0.3) is 0 Å². The van der Waals surface area contributed by atoms with Crippen molar-refractivity contribution >= 4 is 0 Å². The van der Waals surface area contributed by atoms with Crippen molar-refractivity contribution in [2.75, 3.05) is 13.1 Å². The van der Waals surface area contributed by atoms with Crippen molar-refractivity contribution in [3.05, 3.63) is 18.0 Å². The van der Waals surface area contributed by atoms with Crippen molar-refractivity contribution in [3.8, 4) is 0 Å². The second kappa shape index (κ2) is 4.53. The highest BCUT2D eigenvalue weighted by molar-refractivity contribution is 4.95. The van der Waals surface area contributed by atoms with Gasteiger partial charge in [-0.15, -0.1) is 5.73 Å². The molecular weight excluding hydrogens is 158 g/mol. The average Bonchev–Trinajstić information content (AvgIpc) is 2.17. The quantitative estimate of drug-likeness (QED) is 0.589. The van der Waals surface area contributed by atoms with Gasteiger partial charge in [-0.05, 0) is 31.6 Å². The van der Waals surface area contributed by atoms with Gasteiger partial charge in [0.1, 0.15) is 0 Å². The first kappa shape index (κ1) is 10.4. The molecule has 74 valence electrons. The minimum atomic E-state index is 0.843. The first-order chi connectivity index (χ1) is 6.15. The van der Waals surface area contributed by atoms with E-state index in [0.717, 1.165) is 11.8 Å². The summed E-state index contributed by atoms with van der Waals surface area (Å²) in [5.74, 6) is 1.77. The van der Waals surface area contributed by atoms with Crippen molar-refractivity contribution in [1.82, 2.24) is 4.90 Å². The summed E-state index contributed by atoms with van der Waals surface area (Å²) >= 11 is 0. The third-order valence-electron chi connectivity index (χ3n) is 3.21. The Kier molecular flexibility index (Phi) is 3.62. The van der Waals surface area contributed by atoms with Crippen molar-refractivity contribution in [1.29, 1.82) is 0 Å². The molecule has 1 heteroatoms. The monoisotopic (exact) mass is 179 g/mol. The maximum absolute atomic E-state index is 3.69. The number of likely N-dealkylation sites (tertiary alicyclic amines) is 1. The van der Waals surface area contributed by atoms with Gasteiger partial charge in [-0.25, -0.2) is 0 Å². The summed E-state index contributed by atoms with van der Waals surface area (Å²) in [6, 6.07) is 0. The minimum Gasteiger partial charge on any atom is -0.369 e. The number of allylic oxidation sites excluding steroid dienone is 1. The molecule has 0 radical (unpaired) electrons. The molecule has 13 heavy (non-hydrogen) atoms. The molecule has 1 saturated heterocycles. The Labute approximate surface area is 82.1 Å². The highest BCUT2D eigenvalue weighted by Gasteiger charge is 2.21. The lowest BCUT2D eigenvalue weighted by atomic mass is 9.86. The Balaban J connectivity index is 2.43. The van der Waals surface area contributed by atoms with Gasteiger partial charge < -0.3 is 4.90 Å². The molecule has 0 unspecified atom stereocenters. The molecule has 1 aliphatic rings. The van der Waals surface area contributed by atoms with Gasteiger partial charge in [-0.2, -0.15) is 0 Å². The Morgan fingerprint density at radius 2 is 1.92 bits per heavy atom. The van der Waals surface area contributed by atoms with Crippen LogP contribution in [0, 0.1) is 11.8 Å². The van der Waals surface area contributed by atoms with Gasteiger partial charge in [-0.3, -0.25) is 0 Å². The van der Waals surface area contributed by atoms with Crippen LogP contribution in [0.3, 0.4) is 0 Å². The number of nitrogens with zero attached hydrogens (tertiary/aromatic N) is 1. The highest BCUT2D eigenvalue weighted by atomic mass is 15.1. The molecule has 0 bridgehead atoms. The lowest BCUT2D eigenvalue weighted by Gasteiger charge is -2.35. The number of hydrogen-bond donors (Lipinski definition) is 0. The first-order valence-corrected chi connectivity index (χ1v) is 5.26. The molecule has 0 aromatic rings. The van der Waals surface area contributed by atoms with Crippen LogP contribution in [0.4, 0.5) is 0 Å². The van der Waals surface area contributed by atoms with Gasteiger partial charge in [0, 0.05) is 13.1 Å². The van der Waals surface area contributed by atoms with E-state index in [1.54, 1.807) is 0 Å². The first-order valence-electron chi connectivity index (χ1n) is 5.26. The predicted octanol–water partition coefficient (Wildman–Crippen LogP) is 3.04. The second-order valence-electron chi connectivity index (χ2n) is 4.33. The van der Waals surface area contributed by atoms with Crippen LogP contribution in [0.15, 0.2) is 18.0 Å². The molecular formula is C12H21N. The van der Waals surface area contributed by atoms with E-state index in [9.17, 15) is 0 Å². The highest BCUT2D eigenvalue weighted by Crippen LogP contribution is 2.25. The fraction of sp³-hybridized carbons (Fsp3) is 0.750. The normalized spacial score (nSPS) is 18.9. The average molecular weight is 179 g/mol. The van der Waals surface area contributed by atoms with Crippen LogP contribution in [0.2, 0.25) is 0 Å². The summed E-state index contributed by atoms with van der Waals surface area (Å²) in [4.78, 5) is 2.39. The Hall–Kier alpha value is -0.680. The van der Waals surface area contributed by atoms with E-state index in [0.29, 0.717) is 0 Å². The lowest BCUT2D eigenvalue weighted by molar-refractivity contribution is 0.191. The zero-order valence-corrected chi connectivity index (χ0v) is 9.14. The largest absolute Gasteiger partial charge is 0.369 e. The standard InChI is InChI=1S/C12H21N/c1-5-11(4)13-8-6-12(7-9-13)10(2)3/h10,12H,1,6-9H2,2-4H3. The topological polar surface area (TPSA) is 3.24 Å². The third-order valence-corrected chi connectivity index (χ3v) is 3.21. The van der Waals surface area contributed by atoms with E-state index in [1.807, 2.05) is 0 Å². The molecule has 1 heterocycles. The van der Waals surface area contributed by atoms with E-state index in [-0.39, 0.29) is 0 Å². The van der Waals surface area contributed by atoms with E-state index < -0.39 is 0 Å². The molecule has 0 aromatic carbocycles. The molecule has 1 nitrogen and oxygen atoms in total. The molecule has 0 atom stereocenters. The SMILES string of the molecule is C=C=C(C)N1CCC(C(C)C)CC1. The third kappa shape index (κ3) is 2.63. The predicted molar refractivity (Wildman–Crippen MR) is 57.5 cm³/mol. The van der Waals surface area contributed by atoms with E-state index in [1.165, 1.54) is 31.6 Å². The van der Waals surface area contributed by atoms with Gasteiger partial charge >= 0.3 is 0 Å². The smallest absolute Gasteiger partial charge is 0.0526 e. The molecule has 0 amide bonds. The van der Waals surface area contributed by atoms with Gasteiger partial charge in [0.15, 0.2) is 0 Å². The van der Waals surface area contributed by atoms with Crippen LogP contribution in [-0.2, 0) is 0 Å². The van der Waals surface area contributed by atoms with Crippen LogP contribution in [0.1, 0.15) is 33.6 Å².